The number of hydrogen-bond donors (Lipinski definition) is 1. The van der Waals surface area contributed by atoms with Gasteiger partial charge in [-0.25, -0.2) is 0 Å². The van der Waals surface area contributed by atoms with Crippen molar-refractivity contribution in [3.63, 3.8) is 0 Å². The van der Waals surface area contributed by atoms with E-state index in [0.29, 0.717) is 5.75 Å². The topological polar surface area (TPSA) is 64.4 Å². The Hall–Kier alpha value is -2.40. The van der Waals surface area contributed by atoms with E-state index in [-0.39, 0.29) is 5.69 Å². The third-order valence-corrected chi connectivity index (χ3v) is 3.13. The molecular formula is C16H18N2O3. The summed E-state index contributed by atoms with van der Waals surface area (Å²) in [4.78, 5) is 10.3. The summed E-state index contributed by atoms with van der Waals surface area (Å²) in [6, 6.07) is 12.4. The van der Waals surface area contributed by atoms with Gasteiger partial charge >= 0.3 is 0 Å². The third kappa shape index (κ3) is 3.79. The lowest BCUT2D eigenvalue weighted by molar-refractivity contribution is -0.384. The minimum absolute atomic E-state index is 0.0702. The van der Waals surface area contributed by atoms with Crippen molar-refractivity contribution in [1.29, 1.82) is 0 Å². The van der Waals surface area contributed by atoms with E-state index in [0.717, 1.165) is 30.0 Å². The Balaban J connectivity index is 2.24. The normalized spacial score (nSPS) is 10.4. The van der Waals surface area contributed by atoms with Crippen LogP contribution in [0.1, 0.15) is 18.1 Å². The first kappa shape index (κ1) is 15.0. The van der Waals surface area contributed by atoms with Crippen LogP contribution in [-0.4, -0.2) is 11.5 Å². The highest BCUT2D eigenvalue weighted by molar-refractivity contribution is 5.46. The molecule has 0 saturated carbocycles. The molecule has 0 spiro atoms. The van der Waals surface area contributed by atoms with Crippen LogP contribution >= 0.6 is 0 Å². The van der Waals surface area contributed by atoms with Gasteiger partial charge < -0.3 is 10.1 Å². The number of nitrogens with zero attached hydrogens (tertiary/aromatic N) is 1. The maximum Gasteiger partial charge on any atom is 0.269 e. The lowest BCUT2D eigenvalue weighted by Gasteiger charge is -2.13. The summed E-state index contributed by atoms with van der Waals surface area (Å²) in [5, 5.41) is 14.0. The fourth-order valence-corrected chi connectivity index (χ4v) is 1.99. The molecule has 0 aliphatic rings. The van der Waals surface area contributed by atoms with Crippen molar-refractivity contribution in [1.82, 2.24) is 5.32 Å². The van der Waals surface area contributed by atoms with Gasteiger partial charge in [-0.15, -0.1) is 0 Å². The zero-order valence-electron chi connectivity index (χ0n) is 12.1. The van der Waals surface area contributed by atoms with Crippen molar-refractivity contribution < 1.29 is 9.66 Å². The quantitative estimate of drug-likeness (QED) is 0.648. The predicted octanol–water partition coefficient (Wildman–Crippen LogP) is 3.81. The summed E-state index contributed by atoms with van der Waals surface area (Å²) in [7, 11) is 0. The van der Waals surface area contributed by atoms with E-state index in [1.54, 1.807) is 13.0 Å². The second-order valence-electron chi connectivity index (χ2n) is 4.70. The van der Waals surface area contributed by atoms with Crippen LogP contribution in [0.3, 0.4) is 0 Å². The number of para-hydroxylation sites is 1. The number of non-ortho nitro benzene ring substituents is 1. The Kier molecular flexibility index (Phi) is 4.90. The van der Waals surface area contributed by atoms with Gasteiger partial charge in [-0.2, -0.15) is 0 Å². The van der Waals surface area contributed by atoms with Gasteiger partial charge in [-0.3, -0.25) is 10.1 Å². The van der Waals surface area contributed by atoms with Gasteiger partial charge in [0.05, 0.1) is 4.92 Å². The average molecular weight is 286 g/mol. The molecule has 2 aromatic rings. The number of rotatable bonds is 6. The molecule has 0 fully saturated rings. The van der Waals surface area contributed by atoms with Crippen LogP contribution in [0.25, 0.3) is 0 Å². The number of hydrogen-bond acceptors (Lipinski definition) is 4. The van der Waals surface area contributed by atoms with Crippen molar-refractivity contribution in [3.05, 3.63) is 63.7 Å². The Bertz CT molecular complexity index is 641. The third-order valence-electron chi connectivity index (χ3n) is 3.13. The number of ether oxygens (including phenoxy) is 1. The highest BCUT2D eigenvalue weighted by Gasteiger charge is 2.11. The van der Waals surface area contributed by atoms with Gasteiger partial charge in [-0.05, 0) is 31.2 Å². The zero-order valence-corrected chi connectivity index (χ0v) is 12.1. The van der Waals surface area contributed by atoms with Crippen molar-refractivity contribution in [2.45, 2.75) is 20.4 Å². The Morgan fingerprint density at radius 3 is 2.62 bits per heavy atom. The van der Waals surface area contributed by atoms with Crippen molar-refractivity contribution in [3.8, 4) is 11.5 Å². The van der Waals surface area contributed by atoms with Crippen LogP contribution in [0, 0.1) is 17.0 Å². The number of nitro benzene ring substituents is 1. The van der Waals surface area contributed by atoms with Gasteiger partial charge in [0.1, 0.15) is 11.5 Å². The molecule has 0 aliphatic carbocycles. The van der Waals surface area contributed by atoms with E-state index in [9.17, 15) is 10.1 Å². The van der Waals surface area contributed by atoms with Crippen LogP contribution in [0.5, 0.6) is 11.5 Å². The van der Waals surface area contributed by atoms with Crippen molar-refractivity contribution in [2.24, 2.45) is 0 Å². The first-order valence-electron chi connectivity index (χ1n) is 6.83. The molecule has 0 atom stereocenters. The average Bonchev–Trinajstić information content (AvgIpc) is 2.48. The smallest absolute Gasteiger partial charge is 0.269 e. The Morgan fingerprint density at radius 1 is 1.19 bits per heavy atom. The molecule has 21 heavy (non-hydrogen) atoms. The molecule has 5 nitrogen and oxygen atoms in total. The van der Waals surface area contributed by atoms with E-state index in [1.165, 1.54) is 12.1 Å². The van der Waals surface area contributed by atoms with Gasteiger partial charge in [0.2, 0.25) is 0 Å². The molecule has 2 aromatic carbocycles. The molecule has 2 rings (SSSR count). The molecule has 0 heterocycles. The molecule has 110 valence electrons. The van der Waals surface area contributed by atoms with E-state index < -0.39 is 4.92 Å². The van der Waals surface area contributed by atoms with Gasteiger partial charge in [0.25, 0.3) is 5.69 Å². The number of aryl methyl sites for hydroxylation is 1. The Labute approximate surface area is 123 Å². The summed E-state index contributed by atoms with van der Waals surface area (Å²) in [5.41, 5.74) is 1.86. The highest BCUT2D eigenvalue weighted by atomic mass is 16.6. The molecule has 0 aliphatic heterocycles. The lowest BCUT2D eigenvalue weighted by Crippen LogP contribution is -2.12. The maximum absolute atomic E-state index is 10.8. The molecule has 0 unspecified atom stereocenters. The van der Waals surface area contributed by atoms with E-state index >= 15 is 0 Å². The van der Waals surface area contributed by atoms with Crippen LogP contribution in [0.15, 0.2) is 42.5 Å². The minimum atomic E-state index is -0.407. The number of nitrogens with one attached hydrogen (secondary N) is 1. The van der Waals surface area contributed by atoms with E-state index in [4.69, 9.17) is 4.74 Å². The second kappa shape index (κ2) is 6.85. The molecule has 0 aromatic heterocycles. The van der Waals surface area contributed by atoms with Crippen molar-refractivity contribution in [2.75, 3.05) is 6.54 Å². The molecule has 1 N–H and O–H groups in total. The van der Waals surface area contributed by atoms with Gasteiger partial charge in [0, 0.05) is 24.2 Å². The maximum atomic E-state index is 10.8. The zero-order chi connectivity index (χ0) is 15.2. The molecule has 0 bridgehead atoms. The largest absolute Gasteiger partial charge is 0.457 e. The first-order valence-corrected chi connectivity index (χ1v) is 6.83. The first-order chi connectivity index (χ1) is 10.1. The van der Waals surface area contributed by atoms with Crippen LogP contribution in [-0.2, 0) is 6.54 Å². The summed E-state index contributed by atoms with van der Waals surface area (Å²) < 4.78 is 5.91. The highest BCUT2D eigenvalue weighted by Crippen LogP contribution is 2.30. The summed E-state index contributed by atoms with van der Waals surface area (Å²) in [5.74, 6) is 1.39. The van der Waals surface area contributed by atoms with Gasteiger partial charge in [0.15, 0.2) is 0 Å². The van der Waals surface area contributed by atoms with E-state index in [1.807, 2.05) is 31.2 Å². The molecule has 0 amide bonds. The molecule has 0 saturated heterocycles. The fourth-order valence-electron chi connectivity index (χ4n) is 1.99. The van der Waals surface area contributed by atoms with E-state index in [2.05, 4.69) is 5.32 Å². The lowest BCUT2D eigenvalue weighted by atomic mass is 10.1. The van der Waals surface area contributed by atoms with Crippen LogP contribution < -0.4 is 10.1 Å². The molecule has 0 radical (unpaired) electrons. The summed E-state index contributed by atoms with van der Waals surface area (Å²) in [6.45, 7) is 5.45. The van der Waals surface area contributed by atoms with Crippen molar-refractivity contribution >= 4 is 5.69 Å². The standard InChI is InChI=1S/C16H18N2O3/c1-3-17-11-13-6-4-5-7-16(13)21-15-9-8-14(18(19)20)10-12(15)2/h4-10,17H,3,11H2,1-2H3. The van der Waals surface area contributed by atoms with Crippen LogP contribution in [0.4, 0.5) is 5.69 Å². The summed E-state index contributed by atoms with van der Waals surface area (Å²) >= 11 is 0. The monoisotopic (exact) mass is 286 g/mol. The Morgan fingerprint density at radius 2 is 1.95 bits per heavy atom. The molecule has 5 heteroatoms. The number of benzene rings is 2. The minimum Gasteiger partial charge on any atom is -0.457 e. The van der Waals surface area contributed by atoms with Crippen LogP contribution in [0.2, 0.25) is 0 Å². The summed E-state index contributed by atoms with van der Waals surface area (Å²) in [6.07, 6.45) is 0. The molecular weight excluding hydrogens is 268 g/mol. The predicted molar refractivity (Wildman–Crippen MR) is 81.7 cm³/mol. The fraction of sp³-hybridized carbons (Fsp3) is 0.250. The second-order valence-corrected chi connectivity index (χ2v) is 4.70. The van der Waals surface area contributed by atoms with Gasteiger partial charge in [-0.1, -0.05) is 25.1 Å². The number of nitro groups is 1. The SMILES string of the molecule is CCNCc1ccccc1Oc1ccc([N+](=O)[O-])cc1C.